The van der Waals surface area contributed by atoms with Gasteiger partial charge in [-0.3, -0.25) is 4.79 Å². The van der Waals surface area contributed by atoms with Crippen LogP contribution in [-0.2, 0) is 4.79 Å². The number of likely N-dealkylation sites (tertiary alicyclic amines) is 1. The van der Waals surface area contributed by atoms with E-state index in [-0.39, 0.29) is 17.9 Å². The minimum absolute atomic E-state index is 0.0129. The Bertz CT molecular complexity index is 638. The van der Waals surface area contributed by atoms with Crippen molar-refractivity contribution in [3.63, 3.8) is 0 Å². The predicted octanol–water partition coefficient (Wildman–Crippen LogP) is 1.92. The summed E-state index contributed by atoms with van der Waals surface area (Å²) in [6, 6.07) is 10.7. The molecule has 1 aromatic carbocycles. The van der Waals surface area contributed by atoms with Gasteiger partial charge >= 0.3 is 6.03 Å². The molecule has 0 bridgehead atoms. The van der Waals surface area contributed by atoms with Gasteiger partial charge in [0.15, 0.2) is 0 Å². The lowest BCUT2D eigenvalue weighted by molar-refractivity contribution is -0.137. The lowest BCUT2D eigenvalue weighted by Crippen LogP contribution is -2.54. The molecular formula is C20H28N4O2. The molecule has 1 unspecified atom stereocenters. The largest absolute Gasteiger partial charge is 0.368 e. The molecule has 1 N–H and O–H groups in total. The topological polar surface area (TPSA) is 55.9 Å². The summed E-state index contributed by atoms with van der Waals surface area (Å²) in [4.78, 5) is 31.4. The zero-order valence-corrected chi connectivity index (χ0v) is 15.3. The molecule has 2 aliphatic heterocycles. The third-order valence-corrected chi connectivity index (χ3v) is 5.68. The lowest BCUT2D eigenvalue weighted by Gasteiger charge is -2.39. The number of urea groups is 1. The minimum atomic E-state index is -0.0445. The average molecular weight is 356 g/mol. The van der Waals surface area contributed by atoms with Crippen molar-refractivity contribution >= 4 is 17.6 Å². The van der Waals surface area contributed by atoms with Gasteiger partial charge in [0, 0.05) is 51.0 Å². The van der Waals surface area contributed by atoms with Crippen LogP contribution >= 0.6 is 0 Å². The Morgan fingerprint density at radius 1 is 0.885 bits per heavy atom. The molecule has 1 atom stereocenters. The maximum absolute atomic E-state index is 12.9. The Morgan fingerprint density at radius 2 is 1.62 bits per heavy atom. The van der Waals surface area contributed by atoms with Crippen LogP contribution in [0.2, 0.25) is 0 Å². The molecule has 1 aliphatic carbocycles. The number of nitrogens with zero attached hydrogens (tertiary/aromatic N) is 3. The summed E-state index contributed by atoms with van der Waals surface area (Å²) in [5, 5.41) is 3.04. The summed E-state index contributed by atoms with van der Waals surface area (Å²) < 4.78 is 0. The molecule has 2 saturated heterocycles. The number of carbonyl (C=O) groups is 2. The number of hydrogen-bond acceptors (Lipinski definition) is 3. The fourth-order valence-corrected chi connectivity index (χ4v) is 3.94. The highest BCUT2D eigenvalue weighted by atomic mass is 16.2. The number of hydrogen-bond donors (Lipinski definition) is 1. The van der Waals surface area contributed by atoms with Gasteiger partial charge in [-0.25, -0.2) is 4.79 Å². The van der Waals surface area contributed by atoms with Crippen LogP contribution in [0.3, 0.4) is 0 Å². The Labute approximate surface area is 155 Å². The van der Waals surface area contributed by atoms with Crippen molar-refractivity contribution < 1.29 is 9.59 Å². The predicted molar refractivity (Wildman–Crippen MR) is 101 cm³/mol. The SMILES string of the molecule is O=C(NC1CC1)N1CCCC(C(=O)N2CCN(c3ccccc3)CC2)C1. The second-order valence-electron chi connectivity index (χ2n) is 7.66. The third kappa shape index (κ3) is 3.94. The highest BCUT2D eigenvalue weighted by Crippen LogP contribution is 2.23. The van der Waals surface area contributed by atoms with Crippen molar-refractivity contribution in [1.82, 2.24) is 15.1 Å². The first kappa shape index (κ1) is 17.2. The average Bonchev–Trinajstić information content (AvgIpc) is 3.52. The summed E-state index contributed by atoms with van der Waals surface area (Å²) in [7, 11) is 0. The molecule has 1 saturated carbocycles. The summed E-state index contributed by atoms with van der Waals surface area (Å²) in [6.45, 7) is 4.60. The van der Waals surface area contributed by atoms with E-state index in [1.807, 2.05) is 15.9 Å². The number of anilines is 1. The van der Waals surface area contributed by atoms with E-state index in [1.54, 1.807) is 0 Å². The summed E-state index contributed by atoms with van der Waals surface area (Å²) >= 11 is 0. The molecule has 6 heteroatoms. The molecule has 2 heterocycles. The Balaban J connectivity index is 1.29. The molecule has 140 valence electrons. The van der Waals surface area contributed by atoms with Crippen molar-refractivity contribution in [2.24, 2.45) is 5.92 Å². The molecular weight excluding hydrogens is 328 g/mol. The van der Waals surface area contributed by atoms with E-state index in [1.165, 1.54) is 5.69 Å². The molecule has 4 rings (SSSR count). The molecule has 0 aromatic heterocycles. The Morgan fingerprint density at radius 3 is 2.31 bits per heavy atom. The molecule has 3 fully saturated rings. The van der Waals surface area contributed by atoms with Gasteiger partial charge in [0.05, 0.1) is 5.92 Å². The van der Waals surface area contributed by atoms with E-state index in [2.05, 4.69) is 34.5 Å². The fourth-order valence-electron chi connectivity index (χ4n) is 3.94. The van der Waals surface area contributed by atoms with Crippen LogP contribution in [0.4, 0.5) is 10.5 Å². The fraction of sp³-hybridized carbons (Fsp3) is 0.600. The van der Waals surface area contributed by atoms with Crippen LogP contribution in [0.5, 0.6) is 0 Å². The maximum Gasteiger partial charge on any atom is 0.317 e. The van der Waals surface area contributed by atoms with Gasteiger partial charge in [-0.2, -0.15) is 0 Å². The standard InChI is InChI=1S/C20H28N4O2/c25-19(16-5-4-10-24(15-16)20(26)21-17-8-9-17)23-13-11-22(12-14-23)18-6-2-1-3-7-18/h1-3,6-7,16-17H,4-5,8-15H2,(H,21,26). The monoisotopic (exact) mass is 356 g/mol. The normalized spacial score (nSPS) is 23.7. The van der Waals surface area contributed by atoms with Crippen molar-refractivity contribution in [2.75, 3.05) is 44.2 Å². The number of benzene rings is 1. The quantitative estimate of drug-likeness (QED) is 0.900. The molecule has 6 nitrogen and oxygen atoms in total. The molecule has 3 aliphatic rings. The highest BCUT2D eigenvalue weighted by Gasteiger charge is 2.34. The highest BCUT2D eigenvalue weighted by molar-refractivity contribution is 5.81. The summed E-state index contributed by atoms with van der Waals surface area (Å²) in [5.41, 5.74) is 1.22. The van der Waals surface area contributed by atoms with Crippen molar-refractivity contribution in [1.29, 1.82) is 0 Å². The molecule has 26 heavy (non-hydrogen) atoms. The van der Waals surface area contributed by atoms with Gasteiger partial charge in [-0.15, -0.1) is 0 Å². The number of rotatable bonds is 3. The van der Waals surface area contributed by atoms with Gasteiger partial charge in [-0.05, 0) is 37.8 Å². The van der Waals surface area contributed by atoms with Crippen molar-refractivity contribution in [2.45, 2.75) is 31.7 Å². The van der Waals surface area contributed by atoms with Crippen LogP contribution in [0.25, 0.3) is 0 Å². The zero-order valence-electron chi connectivity index (χ0n) is 15.3. The minimum Gasteiger partial charge on any atom is -0.368 e. The number of para-hydroxylation sites is 1. The first-order chi connectivity index (χ1) is 12.7. The maximum atomic E-state index is 12.9. The van der Waals surface area contributed by atoms with Crippen LogP contribution in [-0.4, -0.2) is 67.0 Å². The van der Waals surface area contributed by atoms with Crippen LogP contribution in [0, 0.1) is 5.92 Å². The summed E-state index contributed by atoms with van der Waals surface area (Å²) in [5.74, 6) is 0.179. The smallest absolute Gasteiger partial charge is 0.317 e. The number of nitrogens with one attached hydrogen (secondary N) is 1. The molecule has 0 radical (unpaired) electrons. The first-order valence-corrected chi connectivity index (χ1v) is 9.85. The van der Waals surface area contributed by atoms with Crippen LogP contribution in [0.1, 0.15) is 25.7 Å². The van der Waals surface area contributed by atoms with Crippen molar-refractivity contribution in [3.8, 4) is 0 Å². The first-order valence-electron chi connectivity index (χ1n) is 9.85. The van der Waals surface area contributed by atoms with E-state index in [0.717, 1.165) is 58.4 Å². The molecule has 3 amide bonds. The van der Waals surface area contributed by atoms with Gasteiger partial charge in [-0.1, -0.05) is 18.2 Å². The van der Waals surface area contributed by atoms with E-state index < -0.39 is 0 Å². The second-order valence-corrected chi connectivity index (χ2v) is 7.66. The molecule has 1 aromatic rings. The van der Waals surface area contributed by atoms with Gasteiger partial charge in [0.25, 0.3) is 0 Å². The second kappa shape index (κ2) is 7.56. The van der Waals surface area contributed by atoms with E-state index >= 15 is 0 Å². The number of carbonyl (C=O) groups excluding carboxylic acids is 2. The lowest BCUT2D eigenvalue weighted by atomic mass is 9.96. The third-order valence-electron chi connectivity index (χ3n) is 5.68. The van der Waals surface area contributed by atoms with E-state index in [9.17, 15) is 9.59 Å². The van der Waals surface area contributed by atoms with E-state index in [4.69, 9.17) is 0 Å². The number of piperidine rings is 1. The van der Waals surface area contributed by atoms with Crippen LogP contribution in [0.15, 0.2) is 30.3 Å². The molecule has 0 spiro atoms. The van der Waals surface area contributed by atoms with Gasteiger partial charge in [0.2, 0.25) is 5.91 Å². The van der Waals surface area contributed by atoms with Crippen molar-refractivity contribution in [3.05, 3.63) is 30.3 Å². The Hall–Kier alpha value is -2.24. The van der Waals surface area contributed by atoms with Gasteiger partial charge < -0.3 is 20.0 Å². The number of piperazine rings is 1. The zero-order chi connectivity index (χ0) is 17.9. The number of amides is 3. The van der Waals surface area contributed by atoms with Crippen LogP contribution < -0.4 is 10.2 Å². The van der Waals surface area contributed by atoms with Gasteiger partial charge in [0.1, 0.15) is 0 Å². The van der Waals surface area contributed by atoms with E-state index in [0.29, 0.717) is 12.6 Å². The Kier molecular flexibility index (Phi) is 5.00. The summed E-state index contributed by atoms with van der Waals surface area (Å²) in [6.07, 6.45) is 3.99.